The quantitative estimate of drug-likeness (QED) is 0.167. The molecule has 306 valence electrons. The average molecular weight is 785 g/mol. The first-order chi connectivity index (χ1) is 26.4. The number of halogens is 2. The van der Waals surface area contributed by atoms with Crippen LogP contribution >= 0.6 is 0 Å². The smallest absolute Gasteiger partial charge is 0.281 e. The van der Waals surface area contributed by atoms with E-state index < -0.39 is 6.43 Å². The van der Waals surface area contributed by atoms with Crippen molar-refractivity contribution >= 4 is 0 Å². The molecule has 4 aromatic rings. The molecule has 0 N–H and O–H groups in total. The first kappa shape index (κ1) is 49.3. The number of aromatic nitrogens is 8. The summed E-state index contributed by atoms with van der Waals surface area (Å²) < 4.78 is 39.9. The molecule has 0 aliphatic carbocycles. The fourth-order valence-corrected chi connectivity index (χ4v) is 3.67. The molecule has 4 aromatic heterocycles. The normalized spacial score (nSPS) is 11.6. The van der Waals surface area contributed by atoms with Crippen LogP contribution in [0.1, 0.15) is 132 Å². The summed E-state index contributed by atoms with van der Waals surface area (Å²) in [7, 11) is 0. The van der Waals surface area contributed by atoms with Gasteiger partial charge in [-0.1, -0.05) is 101 Å². The van der Waals surface area contributed by atoms with Crippen molar-refractivity contribution in [3.8, 4) is 54.2 Å². The van der Waals surface area contributed by atoms with Crippen LogP contribution < -0.4 is 14.2 Å². The summed E-state index contributed by atoms with van der Waals surface area (Å²) in [4.78, 5) is 32.8. The van der Waals surface area contributed by atoms with Crippen LogP contribution in [-0.4, -0.2) is 59.2 Å². The summed E-state index contributed by atoms with van der Waals surface area (Å²) in [6, 6.07) is 0. The van der Waals surface area contributed by atoms with Gasteiger partial charge in [0.2, 0.25) is 17.6 Å². The molecule has 0 aliphatic rings. The predicted octanol–water partition coefficient (Wildman–Crippen LogP) is 8.85. The summed E-state index contributed by atoms with van der Waals surface area (Å²) in [5.41, 5.74) is 3.17. The van der Waals surface area contributed by atoms with Gasteiger partial charge in [-0.25, -0.2) is 23.7 Å². The Bertz CT molecular complexity index is 1900. The lowest BCUT2D eigenvalue weighted by atomic mass is 9.93. The molecule has 0 spiro atoms. The third kappa shape index (κ3) is 19.6. The van der Waals surface area contributed by atoms with Gasteiger partial charge in [-0.2, -0.15) is 0 Å². The Morgan fingerprint density at radius 2 is 0.912 bits per heavy atom. The first-order valence-electron chi connectivity index (χ1n) is 18.2. The van der Waals surface area contributed by atoms with Gasteiger partial charge >= 0.3 is 0 Å². The predicted molar refractivity (Wildman–Crippen MR) is 220 cm³/mol. The maximum absolute atomic E-state index is 12.1. The number of alkyl halides is 2. The maximum Gasteiger partial charge on any atom is 0.281 e. The summed E-state index contributed by atoms with van der Waals surface area (Å²) in [5, 5.41) is 0. The van der Waals surface area contributed by atoms with E-state index in [0.29, 0.717) is 24.2 Å². The minimum atomic E-state index is -2.54. The SMILES string of the molecule is C#CCOc1cnc(C(C)(C)C)cn1.C#C[C@H](C)Oc1cnc(C(C)(C)C)cn1.CC#CCOc1cnc(C(C)(C)C)cn1.CC(C)(C)c1cnc(C(F)F)cn1. The van der Waals surface area contributed by atoms with Crippen LogP contribution in [0.4, 0.5) is 8.78 Å². The Morgan fingerprint density at radius 3 is 1.19 bits per heavy atom. The lowest BCUT2D eigenvalue weighted by Crippen LogP contribution is -2.15. The molecular formula is C44H58F2N8O3. The second kappa shape index (κ2) is 22.7. The Kier molecular flexibility index (Phi) is 19.6. The molecule has 0 unspecified atom stereocenters. The zero-order valence-corrected chi connectivity index (χ0v) is 35.9. The van der Waals surface area contributed by atoms with Crippen molar-refractivity contribution in [3.05, 3.63) is 78.0 Å². The molecule has 0 saturated heterocycles. The van der Waals surface area contributed by atoms with Gasteiger partial charge in [-0.15, -0.1) is 18.8 Å². The third-order valence-electron chi connectivity index (χ3n) is 7.16. The molecule has 0 saturated carbocycles. The monoisotopic (exact) mass is 784 g/mol. The highest BCUT2D eigenvalue weighted by atomic mass is 19.3. The summed E-state index contributed by atoms with van der Waals surface area (Å²) in [5.74, 6) is 11.8. The van der Waals surface area contributed by atoms with Crippen LogP contribution in [0, 0.1) is 36.5 Å². The van der Waals surface area contributed by atoms with E-state index in [1.54, 1.807) is 51.0 Å². The molecule has 0 radical (unpaired) electrons. The second-order valence-corrected chi connectivity index (χ2v) is 16.5. The fraction of sp³-hybridized carbons (Fsp3) is 0.500. The Labute approximate surface area is 338 Å². The molecule has 1 atom stereocenters. The molecule has 11 nitrogen and oxygen atoms in total. The molecule has 0 bridgehead atoms. The number of nitrogens with zero attached hydrogens (tertiary/aromatic N) is 8. The highest BCUT2D eigenvalue weighted by molar-refractivity contribution is 5.17. The molecule has 57 heavy (non-hydrogen) atoms. The van der Waals surface area contributed by atoms with Gasteiger partial charge in [-0.05, 0) is 13.8 Å². The van der Waals surface area contributed by atoms with Crippen LogP contribution in [0.25, 0.3) is 0 Å². The largest absolute Gasteiger partial charge is 0.463 e. The summed E-state index contributed by atoms with van der Waals surface area (Å²) in [6.45, 7) is 28.8. The minimum absolute atomic E-state index is 0.00324. The van der Waals surface area contributed by atoms with Crippen LogP contribution in [0.5, 0.6) is 17.6 Å². The van der Waals surface area contributed by atoms with Crippen molar-refractivity contribution < 1.29 is 23.0 Å². The zero-order chi connectivity index (χ0) is 43.5. The van der Waals surface area contributed by atoms with Crippen molar-refractivity contribution in [1.29, 1.82) is 0 Å². The second-order valence-electron chi connectivity index (χ2n) is 16.5. The number of hydrogen-bond donors (Lipinski definition) is 0. The number of rotatable bonds is 7. The van der Waals surface area contributed by atoms with Crippen LogP contribution in [0.15, 0.2) is 49.6 Å². The van der Waals surface area contributed by atoms with Gasteiger partial charge in [0.25, 0.3) is 6.43 Å². The molecule has 13 heteroatoms. The Morgan fingerprint density at radius 1 is 0.544 bits per heavy atom. The zero-order valence-electron chi connectivity index (χ0n) is 35.9. The Hall–Kier alpha value is -5.74. The lowest BCUT2D eigenvalue weighted by molar-refractivity contribution is 0.145. The van der Waals surface area contributed by atoms with E-state index in [1.807, 2.05) is 20.8 Å². The van der Waals surface area contributed by atoms with E-state index in [1.165, 1.54) is 6.20 Å². The van der Waals surface area contributed by atoms with E-state index in [2.05, 4.69) is 126 Å². The van der Waals surface area contributed by atoms with E-state index in [-0.39, 0.29) is 40.1 Å². The van der Waals surface area contributed by atoms with Crippen LogP contribution in [0.3, 0.4) is 0 Å². The van der Waals surface area contributed by atoms with Gasteiger partial charge in [0, 0.05) is 27.9 Å². The Balaban J connectivity index is 0.000000381. The highest BCUT2D eigenvalue weighted by Gasteiger charge is 2.19. The molecule has 0 aliphatic heterocycles. The van der Waals surface area contributed by atoms with Gasteiger partial charge in [0.1, 0.15) is 5.69 Å². The molecule has 0 fully saturated rings. The lowest BCUT2D eigenvalue weighted by Gasteiger charge is -2.17. The van der Waals surface area contributed by atoms with Crippen LogP contribution in [0.2, 0.25) is 0 Å². The molecular weight excluding hydrogens is 727 g/mol. The van der Waals surface area contributed by atoms with Gasteiger partial charge < -0.3 is 14.2 Å². The van der Waals surface area contributed by atoms with Crippen molar-refractivity contribution in [3.63, 3.8) is 0 Å². The van der Waals surface area contributed by atoms with E-state index in [9.17, 15) is 8.78 Å². The minimum Gasteiger partial charge on any atom is -0.463 e. The standard InChI is InChI=1S/2C12H16N2O.C11H14N2O.C9H12F2N2/c1-6-9(2)15-11-8-13-10(7-14-11)12(3,4)5;1-5-6-7-15-11-9-13-10(8-14-11)12(2,3)4;1-5-6-14-10-8-12-9(7-13-10)11(2,3)4;1-9(2,3)7-5-12-6(4-13-7)8(10)11/h1,7-9H,2-5H3;8-9H,7H2,1-4H3;1,7-8H,6H2,2-4H3;4-5,8H,1-3H3/t9-;;;/m0.../s1. The van der Waals surface area contributed by atoms with Crippen molar-refractivity contribution in [2.75, 3.05) is 13.2 Å². The summed E-state index contributed by atoms with van der Waals surface area (Å²) in [6.07, 6.45) is 20.0. The summed E-state index contributed by atoms with van der Waals surface area (Å²) >= 11 is 0. The molecule has 4 heterocycles. The molecule has 0 aromatic carbocycles. The van der Waals surface area contributed by atoms with Gasteiger partial charge in [0.15, 0.2) is 19.3 Å². The van der Waals surface area contributed by atoms with Crippen molar-refractivity contribution in [2.24, 2.45) is 0 Å². The first-order valence-corrected chi connectivity index (χ1v) is 18.2. The average Bonchev–Trinajstić information content (AvgIpc) is 3.14. The molecule has 0 amide bonds. The van der Waals surface area contributed by atoms with Gasteiger partial charge in [0.05, 0.1) is 66.2 Å². The fourth-order valence-electron chi connectivity index (χ4n) is 3.67. The van der Waals surface area contributed by atoms with E-state index in [0.717, 1.165) is 29.0 Å². The number of terminal acetylenes is 2. The highest BCUT2D eigenvalue weighted by Crippen LogP contribution is 2.23. The van der Waals surface area contributed by atoms with Crippen molar-refractivity contribution in [2.45, 2.75) is 131 Å². The van der Waals surface area contributed by atoms with Crippen LogP contribution in [-0.2, 0) is 21.7 Å². The maximum atomic E-state index is 12.1. The van der Waals surface area contributed by atoms with Gasteiger partial charge in [-0.3, -0.25) is 24.9 Å². The van der Waals surface area contributed by atoms with Crippen molar-refractivity contribution in [1.82, 2.24) is 39.9 Å². The third-order valence-corrected chi connectivity index (χ3v) is 7.16. The van der Waals surface area contributed by atoms with E-state index in [4.69, 9.17) is 27.1 Å². The number of hydrogen-bond acceptors (Lipinski definition) is 11. The number of ether oxygens (including phenoxy) is 3. The topological polar surface area (TPSA) is 131 Å². The van der Waals surface area contributed by atoms with E-state index >= 15 is 0 Å². The molecule has 4 rings (SSSR count).